The summed E-state index contributed by atoms with van der Waals surface area (Å²) in [4.78, 5) is 25.8. The molecule has 0 amide bonds. The first-order chi connectivity index (χ1) is 22.9. The number of rotatable bonds is 11. The van der Waals surface area contributed by atoms with Gasteiger partial charge in [-0.25, -0.2) is 9.55 Å². The minimum absolute atomic E-state index is 0.1000. The zero-order valence-corrected chi connectivity index (χ0v) is 29.4. The molecule has 6 rings (SSSR count). The molecule has 5 N–H and O–H groups in total. The van der Waals surface area contributed by atoms with Crippen molar-refractivity contribution >= 4 is 64.2 Å². The number of nitrogen functional groups attached to an aromatic ring is 1. The molecule has 2 aromatic heterocycles. The second-order valence-corrected chi connectivity index (χ2v) is 14.3. The van der Waals surface area contributed by atoms with Crippen LogP contribution < -0.4 is 20.1 Å². The lowest BCUT2D eigenvalue weighted by atomic mass is 9.96. The molecular weight excluding hydrogens is 762 g/mol. The van der Waals surface area contributed by atoms with Crippen LogP contribution in [-0.4, -0.2) is 92.6 Å². The SMILES string of the molecule is COc1nc(N)nc2c1nc(I)n2C1O[C@H](COP(=O)(N[C@@H](C)C(=O)OC2CCOCC2)Oc2cccc3ccccc23)[C@@H](O)[C@@]1(C)O. The molecule has 0 radical (unpaired) electrons. The Kier molecular flexibility index (Phi) is 10.1. The van der Waals surface area contributed by atoms with Gasteiger partial charge < -0.3 is 39.4 Å². The molecule has 2 aliphatic heterocycles. The average molecular weight is 799 g/mol. The van der Waals surface area contributed by atoms with Crippen molar-refractivity contribution in [3.05, 3.63) is 46.3 Å². The molecule has 2 saturated heterocycles. The monoisotopic (exact) mass is 798 g/mol. The number of imidazole rings is 1. The molecule has 2 aliphatic rings. The maximum absolute atomic E-state index is 14.5. The number of benzene rings is 2. The van der Waals surface area contributed by atoms with Crippen molar-refractivity contribution in [1.82, 2.24) is 24.6 Å². The number of anilines is 1. The van der Waals surface area contributed by atoms with Crippen LogP contribution in [0.2, 0.25) is 0 Å². The molecule has 0 saturated carbocycles. The number of fused-ring (bicyclic) bond motifs is 2. The van der Waals surface area contributed by atoms with E-state index in [-0.39, 0.29) is 34.8 Å². The van der Waals surface area contributed by atoms with Gasteiger partial charge in [-0.3, -0.25) is 13.9 Å². The highest BCUT2D eigenvalue weighted by Gasteiger charge is 2.55. The van der Waals surface area contributed by atoms with E-state index in [2.05, 4.69) is 20.0 Å². The quantitative estimate of drug-likeness (QED) is 0.0744. The highest BCUT2D eigenvalue weighted by Crippen LogP contribution is 2.49. The Bertz CT molecular complexity index is 1850. The summed E-state index contributed by atoms with van der Waals surface area (Å²) in [5.74, 6) is -0.394. The van der Waals surface area contributed by atoms with Crippen LogP contribution in [0.15, 0.2) is 42.5 Å². The fourth-order valence-electron chi connectivity index (χ4n) is 5.66. The summed E-state index contributed by atoms with van der Waals surface area (Å²) in [7, 11) is -2.99. The summed E-state index contributed by atoms with van der Waals surface area (Å²) in [6.45, 7) is 3.29. The number of aliphatic hydroxyl groups excluding tert-OH is 1. The number of nitrogens with one attached hydrogen (secondary N) is 1. The van der Waals surface area contributed by atoms with Crippen molar-refractivity contribution < 1.29 is 47.6 Å². The second kappa shape index (κ2) is 14.0. The van der Waals surface area contributed by atoms with E-state index in [1.165, 1.54) is 25.5 Å². The van der Waals surface area contributed by atoms with Gasteiger partial charge in [0.15, 0.2) is 21.2 Å². The van der Waals surface area contributed by atoms with Crippen LogP contribution in [0.25, 0.3) is 21.9 Å². The lowest BCUT2D eigenvalue weighted by Crippen LogP contribution is -2.45. The second-order valence-electron chi connectivity index (χ2n) is 11.7. The van der Waals surface area contributed by atoms with Crippen LogP contribution in [0.3, 0.4) is 0 Å². The first-order valence-corrected chi connectivity index (χ1v) is 17.8. The average Bonchev–Trinajstić information content (AvgIpc) is 3.50. The van der Waals surface area contributed by atoms with Gasteiger partial charge in [-0.15, -0.1) is 0 Å². The van der Waals surface area contributed by atoms with Gasteiger partial charge in [-0.05, 0) is 25.3 Å². The van der Waals surface area contributed by atoms with Crippen LogP contribution >= 0.6 is 30.3 Å². The molecule has 2 aromatic carbocycles. The molecule has 4 aromatic rings. The van der Waals surface area contributed by atoms with Crippen molar-refractivity contribution in [3.8, 4) is 11.6 Å². The summed E-state index contributed by atoms with van der Waals surface area (Å²) in [5.41, 5.74) is 4.45. The molecule has 0 spiro atoms. The maximum Gasteiger partial charge on any atom is 0.459 e. The summed E-state index contributed by atoms with van der Waals surface area (Å²) in [5, 5.41) is 27.0. The highest BCUT2D eigenvalue weighted by molar-refractivity contribution is 14.1. The van der Waals surface area contributed by atoms with Crippen LogP contribution in [0.5, 0.6) is 11.6 Å². The molecular formula is C30H36IN6O10P. The van der Waals surface area contributed by atoms with Crippen molar-refractivity contribution in [3.63, 3.8) is 0 Å². The molecule has 48 heavy (non-hydrogen) atoms. The molecule has 6 atom stereocenters. The van der Waals surface area contributed by atoms with Crippen LogP contribution in [0, 0.1) is 3.83 Å². The van der Waals surface area contributed by atoms with E-state index in [0.717, 1.165) is 5.39 Å². The first-order valence-electron chi connectivity index (χ1n) is 15.2. The smallest absolute Gasteiger partial charge is 0.459 e. The van der Waals surface area contributed by atoms with E-state index in [1.807, 2.05) is 46.9 Å². The molecule has 18 heteroatoms. The predicted octanol–water partition coefficient (Wildman–Crippen LogP) is 3.09. The first kappa shape index (κ1) is 34.7. The Balaban J connectivity index is 1.26. The van der Waals surface area contributed by atoms with Crippen LogP contribution in [-0.2, 0) is 28.1 Å². The lowest BCUT2D eigenvalue weighted by Gasteiger charge is -2.28. The van der Waals surface area contributed by atoms with Gasteiger partial charge in [0, 0.05) is 40.8 Å². The van der Waals surface area contributed by atoms with Crippen molar-refractivity contribution in [2.45, 2.75) is 62.9 Å². The van der Waals surface area contributed by atoms with Crippen molar-refractivity contribution in [2.24, 2.45) is 0 Å². The third kappa shape index (κ3) is 6.96. The molecule has 0 bridgehead atoms. The number of ether oxygens (including phenoxy) is 4. The Morgan fingerprint density at radius 2 is 1.94 bits per heavy atom. The fraction of sp³-hybridized carbons (Fsp3) is 0.467. The third-order valence-electron chi connectivity index (χ3n) is 8.20. The number of carbonyl (C=O) groups excluding carboxylic acids is 1. The largest absolute Gasteiger partial charge is 0.479 e. The minimum Gasteiger partial charge on any atom is -0.479 e. The van der Waals surface area contributed by atoms with Gasteiger partial charge in [0.25, 0.3) is 0 Å². The molecule has 0 aliphatic carbocycles. The van der Waals surface area contributed by atoms with Gasteiger partial charge in [-0.2, -0.15) is 15.1 Å². The maximum atomic E-state index is 14.5. The Hall–Kier alpha value is -3.16. The number of esters is 1. The number of aliphatic hydroxyl groups is 2. The fourth-order valence-corrected chi connectivity index (χ4v) is 7.90. The van der Waals surface area contributed by atoms with E-state index >= 15 is 0 Å². The van der Waals surface area contributed by atoms with Gasteiger partial charge in [-0.1, -0.05) is 36.4 Å². The summed E-state index contributed by atoms with van der Waals surface area (Å²) in [6.07, 6.45) is -3.24. The zero-order valence-electron chi connectivity index (χ0n) is 26.3. The molecule has 4 heterocycles. The normalized spacial score (nSPS) is 25.2. The van der Waals surface area contributed by atoms with E-state index < -0.39 is 50.4 Å². The van der Waals surface area contributed by atoms with Crippen LogP contribution in [0.4, 0.5) is 5.95 Å². The van der Waals surface area contributed by atoms with Crippen molar-refractivity contribution in [1.29, 1.82) is 0 Å². The van der Waals surface area contributed by atoms with Gasteiger partial charge >= 0.3 is 13.7 Å². The van der Waals surface area contributed by atoms with E-state index in [9.17, 15) is 19.6 Å². The molecule has 258 valence electrons. The lowest BCUT2D eigenvalue weighted by molar-refractivity contribution is -0.154. The standard InChI is InChI=1S/C30H36IN6O10P/c1-16(26(39)45-18-11-13-43-14-12-18)36-48(41,47-20-10-6-8-17-7-4-5-9-19(17)20)44-15-21-23(38)30(2,40)27(46-21)37-24-22(33-28(37)31)25(42-3)35-29(32)34-24/h4-10,16,18,21,23,27,38,40H,11-15H2,1-3H3,(H,36,41)(H2,32,34,35)/t16-,21+,23+,27?,30+,48?/m0/s1. The Morgan fingerprint density at radius 1 is 1.21 bits per heavy atom. The number of hydrogen-bond acceptors (Lipinski definition) is 14. The number of aromatic nitrogens is 4. The third-order valence-corrected chi connectivity index (χ3v) is 10.6. The number of methoxy groups -OCH3 is 1. The summed E-state index contributed by atoms with van der Waals surface area (Å²) in [6, 6.07) is 11.5. The topological polar surface area (TPSA) is 212 Å². The minimum atomic E-state index is -4.40. The number of hydrogen-bond donors (Lipinski definition) is 4. The van der Waals surface area contributed by atoms with E-state index in [0.29, 0.717) is 35.3 Å². The van der Waals surface area contributed by atoms with Gasteiger partial charge in [0.2, 0.25) is 11.8 Å². The molecule has 2 fully saturated rings. The summed E-state index contributed by atoms with van der Waals surface area (Å²) >= 11 is 1.93. The zero-order chi connectivity index (χ0) is 34.2. The number of nitrogens with zero attached hydrogens (tertiary/aromatic N) is 4. The van der Waals surface area contributed by atoms with E-state index in [4.69, 9.17) is 33.7 Å². The van der Waals surface area contributed by atoms with Gasteiger partial charge in [0.05, 0.1) is 26.9 Å². The molecule has 16 nitrogen and oxygen atoms in total. The van der Waals surface area contributed by atoms with Crippen LogP contribution in [0.1, 0.15) is 32.9 Å². The predicted molar refractivity (Wildman–Crippen MR) is 180 cm³/mol. The Labute approximate surface area is 288 Å². The molecule has 2 unspecified atom stereocenters. The van der Waals surface area contributed by atoms with Crippen molar-refractivity contribution in [2.75, 3.05) is 32.7 Å². The van der Waals surface area contributed by atoms with Gasteiger partial charge in [0.1, 0.15) is 35.7 Å². The summed E-state index contributed by atoms with van der Waals surface area (Å²) < 4.78 is 50.6. The Morgan fingerprint density at radius 3 is 2.69 bits per heavy atom. The highest BCUT2D eigenvalue weighted by atomic mass is 127. The van der Waals surface area contributed by atoms with E-state index in [1.54, 1.807) is 18.2 Å². The number of nitrogens with two attached hydrogens (primary N) is 1. The number of carbonyl (C=O) groups is 1. The number of halogens is 1.